The second kappa shape index (κ2) is 8.31. The molecule has 3 aliphatic rings. The summed E-state index contributed by atoms with van der Waals surface area (Å²) in [5.41, 5.74) is -0.941. The molecular formula is C24H33NO4. The molecule has 2 fully saturated rings. The van der Waals surface area contributed by atoms with E-state index >= 15 is 0 Å². The number of ketones is 1. The lowest BCUT2D eigenvalue weighted by molar-refractivity contribution is -0.118. The SMILES string of the molecule is C/C=C/C=C/[C@H]1C=C[C@H]2C[C@H](C)CC[C@@H]2[C@@]1(C)C(O)=C1C(=O)N[C@@H]([C@@H](C)O)C1=O. The van der Waals surface area contributed by atoms with Gasteiger partial charge in [-0.05, 0) is 44.4 Å². The predicted molar refractivity (Wildman–Crippen MR) is 113 cm³/mol. The number of allylic oxidation sites excluding steroid dienone is 7. The van der Waals surface area contributed by atoms with Gasteiger partial charge in [0.1, 0.15) is 17.4 Å². The normalized spacial score (nSPS) is 40.4. The smallest absolute Gasteiger partial charge is 0.259 e. The molecule has 0 aromatic carbocycles. The van der Waals surface area contributed by atoms with Crippen LogP contribution in [0.3, 0.4) is 0 Å². The molecule has 1 amide bonds. The number of aliphatic hydroxyl groups is 2. The van der Waals surface area contributed by atoms with Crippen LogP contribution in [0.5, 0.6) is 0 Å². The summed E-state index contributed by atoms with van der Waals surface area (Å²) in [5.74, 6) is -0.306. The van der Waals surface area contributed by atoms with E-state index in [1.165, 1.54) is 6.92 Å². The molecule has 3 rings (SSSR count). The van der Waals surface area contributed by atoms with Gasteiger partial charge < -0.3 is 15.5 Å². The van der Waals surface area contributed by atoms with Crippen LogP contribution in [0.15, 0.2) is 47.8 Å². The van der Waals surface area contributed by atoms with Gasteiger partial charge in [0.05, 0.1) is 6.10 Å². The maximum atomic E-state index is 12.9. The Labute approximate surface area is 173 Å². The lowest BCUT2D eigenvalue weighted by Gasteiger charge is -2.50. The van der Waals surface area contributed by atoms with Gasteiger partial charge >= 0.3 is 0 Å². The number of hydrogen-bond acceptors (Lipinski definition) is 4. The highest BCUT2D eigenvalue weighted by molar-refractivity contribution is 6.27. The molecule has 0 spiro atoms. The van der Waals surface area contributed by atoms with Crippen LogP contribution in [-0.2, 0) is 9.59 Å². The summed E-state index contributed by atoms with van der Waals surface area (Å²) < 4.78 is 0. The molecule has 1 heterocycles. The molecule has 0 bridgehead atoms. The number of carbonyl (C=O) groups is 2. The first-order valence-electron chi connectivity index (χ1n) is 10.7. The third kappa shape index (κ3) is 3.73. The number of amides is 1. The topological polar surface area (TPSA) is 86.6 Å². The van der Waals surface area contributed by atoms with Crippen molar-refractivity contribution in [3.63, 3.8) is 0 Å². The van der Waals surface area contributed by atoms with E-state index in [-0.39, 0.29) is 23.2 Å². The van der Waals surface area contributed by atoms with Crippen molar-refractivity contribution in [1.82, 2.24) is 5.32 Å². The van der Waals surface area contributed by atoms with Gasteiger partial charge in [0.25, 0.3) is 5.91 Å². The van der Waals surface area contributed by atoms with Crippen molar-refractivity contribution in [2.45, 2.75) is 59.1 Å². The highest BCUT2D eigenvalue weighted by Crippen LogP contribution is 2.56. The molecule has 158 valence electrons. The summed E-state index contributed by atoms with van der Waals surface area (Å²) in [6.07, 6.45) is 14.2. The molecule has 1 aliphatic heterocycles. The van der Waals surface area contributed by atoms with Gasteiger partial charge in [-0.2, -0.15) is 0 Å². The number of aliphatic hydroxyl groups excluding tert-OH is 2. The fourth-order valence-electron chi connectivity index (χ4n) is 5.36. The molecule has 3 N–H and O–H groups in total. The second-order valence-electron chi connectivity index (χ2n) is 9.07. The summed E-state index contributed by atoms with van der Waals surface area (Å²) in [6.45, 7) is 7.64. The third-order valence-electron chi connectivity index (χ3n) is 7.08. The summed E-state index contributed by atoms with van der Waals surface area (Å²) >= 11 is 0. The largest absolute Gasteiger partial charge is 0.511 e. The van der Waals surface area contributed by atoms with Crippen molar-refractivity contribution in [2.75, 3.05) is 0 Å². The predicted octanol–water partition coefficient (Wildman–Crippen LogP) is 3.62. The minimum absolute atomic E-state index is 0.132. The van der Waals surface area contributed by atoms with Crippen LogP contribution in [0.1, 0.15) is 47.0 Å². The van der Waals surface area contributed by atoms with Gasteiger partial charge in [0.15, 0.2) is 5.78 Å². The maximum absolute atomic E-state index is 12.9. The summed E-state index contributed by atoms with van der Waals surface area (Å²) in [5, 5.41) is 23.8. The van der Waals surface area contributed by atoms with Gasteiger partial charge in [-0.15, -0.1) is 0 Å². The van der Waals surface area contributed by atoms with Gasteiger partial charge in [0.2, 0.25) is 0 Å². The van der Waals surface area contributed by atoms with Gasteiger partial charge in [0, 0.05) is 11.3 Å². The molecule has 0 radical (unpaired) electrons. The van der Waals surface area contributed by atoms with E-state index in [1.54, 1.807) is 0 Å². The van der Waals surface area contributed by atoms with Crippen molar-refractivity contribution < 1.29 is 19.8 Å². The van der Waals surface area contributed by atoms with Gasteiger partial charge in [-0.1, -0.05) is 56.7 Å². The Bertz CT molecular complexity index is 791. The van der Waals surface area contributed by atoms with E-state index in [1.807, 2.05) is 38.2 Å². The van der Waals surface area contributed by atoms with E-state index in [0.717, 1.165) is 19.3 Å². The van der Waals surface area contributed by atoms with Crippen LogP contribution in [0.2, 0.25) is 0 Å². The zero-order valence-corrected chi connectivity index (χ0v) is 17.8. The highest BCUT2D eigenvalue weighted by atomic mass is 16.3. The Balaban J connectivity index is 2.11. The van der Waals surface area contributed by atoms with Gasteiger partial charge in [-0.3, -0.25) is 9.59 Å². The van der Waals surface area contributed by atoms with E-state index in [4.69, 9.17) is 0 Å². The summed E-state index contributed by atoms with van der Waals surface area (Å²) in [6, 6.07) is -0.999. The molecular weight excluding hydrogens is 366 g/mol. The first kappa shape index (κ1) is 21.6. The summed E-state index contributed by atoms with van der Waals surface area (Å²) in [4.78, 5) is 25.5. The Hall–Kier alpha value is -2.14. The maximum Gasteiger partial charge on any atom is 0.259 e. The summed E-state index contributed by atoms with van der Waals surface area (Å²) in [7, 11) is 0. The van der Waals surface area contributed by atoms with Crippen LogP contribution in [-0.4, -0.2) is 34.0 Å². The number of Topliss-reactive ketones (excluding diaryl/α,β-unsaturated/α-hetero) is 1. The van der Waals surface area contributed by atoms with E-state index in [9.17, 15) is 19.8 Å². The molecule has 5 nitrogen and oxygen atoms in total. The zero-order valence-electron chi connectivity index (χ0n) is 17.8. The minimum atomic E-state index is -1.01. The number of rotatable bonds is 4. The fourth-order valence-corrected chi connectivity index (χ4v) is 5.36. The number of fused-ring (bicyclic) bond motifs is 1. The van der Waals surface area contributed by atoms with Crippen LogP contribution in [0.4, 0.5) is 0 Å². The van der Waals surface area contributed by atoms with Crippen LogP contribution >= 0.6 is 0 Å². The lowest BCUT2D eigenvalue weighted by atomic mass is 9.54. The Morgan fingerprint density at radius 2 is 2.00 bits per heavy atom. The minimum Gasteiger partial charge on any atom is -0.511 e. The van der Waals surface area contributed by atoms with E-state index in [0.29, 0.717) is 11.8 Å². The average molecular weight is 400 g/mol. The molecule has 5 heteroatoms. The van der Waals surface area contributed by atoms with Crippen LogP contribution in [0, 0.1) is 29.1 Å². The molecule has 0 aromatic heterocycles. The number of carbonyl (C=O) groups excluding carboxylic acids is 2. The van der Waals surface area contributed by atoms with Crippen LogP contribution in [0.25, 0.3) is 0 Å². The molecule has 0 aromatic rings. The first-order chi connectivity index (χ1) is 13.7. The quantitative estimate of drug-likeness (QED) is 0.222. The van der Waals surface area contributed by atoms with Crippen molar-refractivity contribution >= 4 is 11.7 Å². The van der Waals surface area contributed by atoms with Crippen molar-refractivity contribution in [2.24, 2.45) is 29.1 Å². The fraction of sp³-hybridized carbons (Fsp3) is 0.583. The van der Waals surface area contributed by atoms with Crippen molar-refractivity contribution in [3.05, 3.63) is 47.8 Å². The first-order valence-corrected chi connectivity index (χ1v) is 10.7. The van der Waals surface area contributed by atoms with Gasteiger partial charge in [-0.25, -0.2) is 0 Å². The van der Waals surface area contributed by atoms with Crippen molar-refractivity contribution in [1.29, 1.82) is 0 Å². The molecule has 29 heavy (non-hydrogen) atoms. The molecule has 7 atom stereocenters. The Morgan fingerprint density at radius 3 is 2.62 bits per heavy atom. The molecule has 1 saturated heterocycles. The van der Waals surface area contributed by atoms with Crippen LogP contribution < -0.4 is 5.32 Å². The monoisotopic (exact) mass is 399 g/mol. The molecule has 1 saturated carbocycles. The van der Waals surface area contributed by atoms with E-state index in [2.05, 4.69) is 24.4 Å². The second-order valence-corrected chi connectivity index (χ2v) is 9.07. The van der Waals surface area contributed by atoms with E-state index < -0.39 is 29.3 Å². The molecule has 2 aliphatic carbocycles. The molecule has 0 unspecified atom stereocenters. The standard InChI is InChI=1S/C24H33NO4/c1-5-6-7-8-17-11-10-16-13-14(2)9-12-18(16)24(17,4)22(28)19-21(27)20(15(3)26)25-23(19)29/h5-8,10-11,14-18,20,26,28H,9,12-13H2,1-4H3,(H,25,29)/b6-5+,8-7+,22-19?/t14-,15-,16+,17+,18+,20+,24+/m1/s1. The number of hydrogen-bond donors (Lipinski definition) is 3. The average Bonchev–Trinajstić information content (AvgIpc) is 2.97. The third-order valence-corrected chi connectivity index (χ3v) is 7.08. The Morgan fingerprint density at radius 1 is 1.28 bits per heavy atom. The highest BCUT2D eigenvalue weighted by Gasteiger charge is 2.53. The number of nitrogens with one attached hydrogen (secondary N) is 1. The lowest BCUT2D eigenvalue weighted by Crippen LogP contribution is -2.45. The Kier molecular flexibility index (Phi) is 6.18. The van der Waals surface area contributed by atoms with Crippen molar-refractivity contribution in [3.8, 4) is 0 Å². The zero-order chi connectivity index (χ0) is 21.3.